The maximum absolute atomic E-state index is 5.10. The number of nitrogens with zero attached hydrogens (tertiary/aromatic N) is 3. The highest BCUT2D eigenvalue weighted by atomic mass is 16.5. The van der Waals surface area contributed by atoms with Crippen molar-refractivity contribution in [1.82, 2.24) is 9.97 Å². The molecule has 4 heteroatoms. The minimum Gasteiger partial charge on any atom is -0.467 e. The van der Waals surface area contributed by atoms with Crippen LogP contribution in [-0.2, 0) is 5.41 Å². The average Bonchev–Trinajstić information content (AvgIpc) is 2.14. The standard InChI is InChI=1S/C12H21N3O/c1-8-9(12(2,3)4)10(15(5)6)14-11(13-8)16-7/h1-7H3. The second kappa shape index (κ2) is 4.28. The van der Waals surface area contributed by atoms with Crippen molar-refractivity contribution in [2.24, 2.45) is 0 Å². The molecule has 0 aliphatic carbocycles. The Morgan fingerprint density at radius 2 is 1.69 bits per heavy atom. The molecule has 0 aliphatic heterocycles. The molecule has 16 heavy (non-hydrogen) atoms. The van der Waals surface area contributed by atoms with Gasteiger partial charge in [-0.2, -0.15) is 4.98 Å². The third-order valence-electron chi connectivity index (χ3n) is 2.41. The number of rotatable bonds is 2. The van der Waals surface area contributed by atoms with Crippen LogP contribution in [0.3, 0.4) is 0 Å². The summed E-state index contributed by atoms with van der Waals surface area (Å²) in [6, 6.07) is 0.425. The third kappa shape index (κ3) is 2.43. The molecule has 0 radical (unpaired) electrons. The van der Waals surface area contributed by atoms with Crippen LogP contribution in [0.5, 0.6) is 6.01 Å². The number of aromatic nitrogens is 2. The molecule has 1 aromatic heterocycles. The zero-order valence-corrected chi connectivity index (χ0v) is 11.2. The van der Waals surface area contributed by atoms with Crippen LogP contribution >= 0.6 is 0 Å². The summed E-state index contributed by atoms with van der Waals surface area (Å²) in [5.41, 5.74) is 2.16. The highest BCUT2D eigenvalue weighted by molar-refractivity contribution is 5.52. The predicted molar refractivity (Wildman–Crippen MR) is 66.3 cm³/mol. The Balaban J connectivity index is 3.46. The summed E-state index contributed by atoms with van der Waals surface area (Å²) in [6.45, 7) is 8.49. The molecule has 0 saturated heterocycles. The highest BCUT2D eigenvalue weighted by Crippen LogP contribution is 2.32. The quantitative estimate of drug-likeness (QED) is 0.770. The maximum Gasteiger partial charge on any atom is 0.318 e. The Bertz CT molecular complexity index is 381. The van der Waals surface area contributed by atoms with E-state index in [0.29, 0.717) is 6.01 Å². The second-order valence-corrected chi connectivity index (χ2v) is 5.14. The highest BCUT2D eigenvalue weighted by Gasteiger charge is 2.24. The first kappa shape index (κ1) is 12.7. The van der Waals surface area contributed by atoms with Crippen molar-refractivity contribution in [2.75, 3.05) is 26.1 Å². The van der Waals surface area contributed by atoms with E-state index in [1.807, 2.05) is 25.9 Å². The maximum atomic E-state index is 5.10. The van der Waals surface area contributed by atoms with Crippen molar-refractivity contribution in [3.8, 4) is 6.01 Å². The summed E-state index contributed by atoms with van der Waals surface area (Å²) in [7, 11) is 5.55. The monoisotopic (exact) mass is 223 g/mol. The van der Waals surface area contributed by atoms with Crippen LogP contribution in [-0.4, -0.2) is 31.2 Å². The molecule has 0 unspecified atom stereocenters. The second-order valence-electron chi connectivity index (χ2n) is 5.14. The Labute approximate surface area is 97.7 Å². The van der Waals surface area contributed by atoms with E-state index in [4.69, 9.17) is 4.74 Å². The minimum atomic E-state index is 0.0238. The first-order valence-electron chi connectivity index (χ1n) is 5.37. The summed E-state index contributed by atoms with van der Waals surface area (Å²) in [6.07, 6.45) is 0. The van der Waals surface area contributed by atoms with Gasteiger partial charge >= 0.3 is 6.01 Å². The predicted octanol–water partition coefficient (Wildman–Crippen LogP) is 2.16. The molecule has 0 N–H and O–H groups in total. The molecular weight excluding hydrogens is 202 g/mol. The summed E-state index contributed by atoms with van der Waals surface area (Å²) >= 11 is 0. The van der Waals surface area contributed by atoms with Gasteiger partial charge in [-0.15, -0.1) is 0 Å². The lowest BCUT2D eigenvalue weighted by molar-refractivity contribution is 0.377. The van der Waals surface area contributed by atoms with Gasteiger partial charge in [0, 0.05) is 19.7 Å². The molecule has 0 aromatic carbocycles. The SMILES string of the molecule is COc1nc(C)c(C(C)(C)C)c(N(C)C)n1. The van der Waals surface area contributed by atoms with Crippen molar-refractivity contribution < 1.29 is 4.74 Å². The molecule has 1 rings (SSSR count). The Kier molecular flexibility index (Phi) is 3.41. The first-order chi connectivity index (χ1) is 7.27. The Morgan fingerprint density at radius 1 is 1.12 bits per heavy atom. The van der Waals surface area contributed by atoms with Crippen LogP contribution in [0, 0.1) is 6.92 Å². The fraction of sp³-hybridized carbons (Fsp3) is 0.667. The fourth-order valence-corrected chi connectivity index (χ4v) is 1.83. The van der Waals surface area contributed by atoms with E-state index in [9.17, 15) is 0 Å². The largest absolute Gasteiger partial charge is 0.467 e. The Hall–Kier alpha value is -1.32. The fourth-order valence-electron chi connectivity index (χ4n) is 1.83. The van der Waals surface area contributed by atoms with Gasteiger partial charge in [0.1, 0.15) is 5.82 Å². The number of methoxy groups -OCH3 is 1. The van der Waals surface area contributed by atoms with Gasteiger partial charge in [-0.25, -0.2) is 4.98 Å². The lowest BCUT2D eigenvalue weighted by atomic mass is 9.86. The van der Waals surface area contributed by atoms with Crippen LogP contribution in [0.25, 0.3) is 0 Å². The van der Waals surface area contributed by atoms with E-state index in [1.165, 1.54) is 5.56 Å². The minimum absolute atomic E-state index is 0.0238. The van der Waals surface area contributed by atoms with Gasteiger partial charge in [-0.1, -0.05) is 20.8 Å². The zero-order chi connectivity index (χ0) is 12.5. The topological polar surface area (TPSA) is 38.2 Å². The number of aryl methyl sites for hydroxylation is 1. The van der Waals surface area contributed by atoms with E-state index in [2.05, 4.69) is 30.7 Å². The number of hydrogen-bond acceptors (Lipinski definition) is 4. The van der Waals surface area contributed by atoms with Crippen molar-refractivity contribution in [2.45, 2.75) is 33.1 Å². The molecule has 90 valence electrons. The van der Waals surface area contributed by atoms with E-state index in [-0.39, 0.29) is 5.41 Å². The van der Waals surface area contributed by atoms with E-state index in [1.54, 1.807) is 7.11 Å². The van der Waals surface area contributed by atoms with E-state index in [0.717, 1.165) is 11.5 Å². The summed E-state index contributed by atoms with van der Waals surface area (Å²) in [4.78, 5) is 10.7. The van der Waals surface area contributed by atoms with Gasteiger partial charge in [0.25, 0.3) is 0 Å². The van der Waals surface area contributed by atoms with Gasteiger partial charge in [0.15, 0.2) is 0 Å². The average molecular weight is 223 g/mol. The first-order valence-corrected chi connectivity index (χ1v) is 5.37. The van der Waals surface area contributed by atoms with Gasteiger partial charge in [0.05, 0.1) is 12.8 Å². The lowest BCUT2D eigenvalue weighted by Crippen LogP contribution is -2.23. The van der Waals surface area contributed by atoms with Crippen molar-refractivity contribution in [3.05, 3.63) is 11.3 Å². The molecule has 1 aromatic rings. The molecule has 0 amide bonds. The molecule has 0 saturated carbocycles. The number of anilines is 1. The molecule has 0 bridgehead atoms. The van der Waals surface area contributed by atoms with Gasteiger partial charge in [0.2, 0.25) is 0 Å². The van der Waals surface area contributed by atoms with Crippen molar-refractivity contribution in [3.63, 3.8) is 0 Å². The molecule has 0 spiro atoms. The molecule has 1 heterocycles. The van der Waals surface area contributed by atoms with Crippen LogP contribution in [0.1, 0.15) is 32.0 Å². The van der Waals surface area contributed by atoms with Gasteiger partial charge < -0.3 is 9.64 Å². The molecule has 0 fully saturated rings. The van der Waals surface area contributed by atoms with Gasteiger partial charge in [-0.3, -0.25) is 0 Å². The lowest BCUT2D eigenvalue weighted by Gasteiger charge is -2.27. The number of hydrogen-bond donors (Lipinski definition) is 0. The number of ether oxygens (including phenoxy) is 1. The van der Waals surface area contributed by atoms with Crippen LogP contribution in [0.2, 0.25) is 0 Å². The molecular formula is C12H21N3O. The van der Waals surface area contributed by atoms with Gasteiger partial charge in [-0.05, 0) is 12.3 Å². The van der Waals surface area contributed by atoms with E-state index < -0.39 is 0 Å². The molecule has 0 atom stereocenters. The normalized spacial score (nSPS) is 11.4. The van der Waals surface area contributed by atoms with Crippen LogP contribution in [0.4, 0.5) is 5.82 Å². The van der Waals surface area contributed by atoms with Crippen LogP contribution in [0.15, 0.2) is 0 Å². The van der Waals surface area contributed by atoms with Crippen molar-refractivity contribution in [1.29, 1.82) is 0 Å². The summed E-state index contributed by atoms with van der Waals surface area (Å²) in [5, 5.41) is 0. The molecule has 4 nitrogen and oxygen atoms in total. The van der Waals surface area contributed by atoms with Crippen molar-refractivity contribution >= 4 is 5.82 Å². The van der Waals surface area contributed by atoms with E-state index >= 15 is 0 Å². The summed E-state index contributed by atoms with van der Waals surface area (Å²) in [5.74, 6) is 0.928. The zero-order valence-electron chi connectivity index (χ0n) is 11.2. The smallest absolute Gasteiger partial charge is 0.318 e. The van der Waals surface area contributed by atoms with Crippen LogP contribution < -0.4 is 9.64 Å². The summed E-state index contributed by atoms with van der Waals surface area (Å²) < 4.78 is 5.10. The Morgan fingerprint density at radius 3 is 2.06 bits per heavy atom. The third-order valence-corrected chi connectivity index (χ3v) is 2.41. The molecule has 0 aliphatic rings.